The average molecular weight is 381 g/mol. The first-order chi connectivity index (χ1) is 8.86. The minimum Gasteiger partial charge on any atom is -0.467 e. The van der Waals surface area contributed by atoms with Gasteiger partial charge in [-0.25, -0.2) is 0 Å². The van der Waals surface area contributed by atoms with Crippen molar-refractivity contribution in [1.29, 1.82) is 0 Å². The second-order valence-corrected chi connectivity index (χ2v) is 3.90. The van der Waals surface area contributed by atoms with E-state index in [4.69, 9.17) is 9.15 Å². The Morgan fingerprint density at radius 3 is 2.84 bits per heavy atom. The Hall–Kier alpha value is -0.760. The van der Waals surface area contributed by atoms with Crippen LogP contribution in [0.4, 0.5) is 0 Å². The van der Waals surface area contributed by atoms with Crippen molar-refractivity contribution in [2.75, 3.05) is 26.8 Å². The molecule has 0 atom stereocenters. The van der Waals surface area contributed by atoms with Crippen LogP contribution in [0.2, 0.25) is 0 Å². The van der Waals surface area contributed by atoms with E-state index in [2.05, 4.69) is 22.5 Å². The maximum atomic E-state index is 5.46. The molecule has 0 radical (unpaired) electrons. The fourth-order valence-corrected chi connectivity index (χ4v) is 1.39. The van der Waals surface area contributed by atoms with E-state index in [0.29, 0.717) is 13.2 Å². The van der Waals surface area contributed by atoms with Gasteiger partial charge in [-0.05, 0) is 18.6 Å². The fraction of sp³-hybridized carbons (Fsp3) is 0.615. The zero-order valence-electron chi connectivity index (χ0n) is 11.6. The van der Waals surface area contributed by atoms with Crippen LogP contribution < -0.4 is 10.6 Å². The molecular formula is C13H24IN3O2. The molecule has 1 rings (SSSR count). The van der Waals surface area contributed by atoms with Gasteiger partial charge >= 0.3 is 0 Å². The molecular weight excluding hydrogens is 357 g/mol. The first-order valence-electron chi connectivity index (χ1n) is 6.41. The largest absolute Gasteiger partial charge is 0.467 e. The molecule has 0 fully saturated rings. The fourth-order valence-electron chi connectivity index (χ4n) is 1.39. The van der Waals surface area contributed by atoms with Crippen LogP contribution in [0.3, 0.4) is 0 Å². The third kappa shape index (κ3) is 8.88. The van der Waals surface area contributed by atoms with Crippen LogP contribution >= 0.6 is 24.0 Å². The molecule has 5 nitrogen and oxygen atoms in total. The normalized spacial score (nSPS) is 10.9. The van der Waals surface area contributed by atoms with Gasteiger partial charge in [-0.3, -0.25) is 4.99 Å². The van der Waals surface area contributed by atoms with Gasteiger partial charge in [0.05, 0.1) is 19.4 Å². The molecule has 0 aliphatic rings. The van der Waals surface area contributed by atoms with E-state index in [1.807, 2.05) is 12.1 Å². The molecule has 6 heteroatoms. The van der Waals surface area contributed by atoms with Gasteiger partial charge in [-0.2, -0.15) is 0 Å². The van der Waals surface area contributed by atoms with Crippen molar-refractivity contribution in [3.63, 3.8) is 0 Å². The summed E-state index contributed by atoms with van der Waals surface area (Å²) >= 11 is 0. The Labute approximate surface area is 132 Å². The summed E-state index contributed by atoms with van der Waals surface area (Å²) in [5.74, 6) is 1.64. The predicted octanol–water partition coefficient (Wildman–Crippen LogP) is 2.38. The van der Waals surface area contributed by atoms with Crippen LogP contribution in [-0.4, -0.2) is 32.8 Å². The van der Waals surface area contributed by atoms with E-state index in [9.17, 15) is 0 Å². The van der Waals surface area contributed by atoms with Gasteiger partial charge in [0.25, 0.3) is 0 Å². The van der Waals surface area contributed by atoms with Gasteiger partial charge in [0.15, 0.2) is 5.96 Å². The van der Waals surface area contributed by atoms with Crippen LogP contribution in [0.5, 0.6) is 0 Å². The summed E-state index contributed by atoms with van der Waals surface area (Å²) in [5, 5.41) is 6.34. The number of guanidine groups is 1. The molecule has 1 aromatic rings. The topological polar surface area (TPSA) is 58.8 Å². The van der Waals surface area contributed by atoms with Gasteiger partial charge in [0.1, 0.15) is 5.76 Å². The molecule has 1 heterocycles. The molecule has 0 saturated heterocycles. The number of nitrogens with one attached hydrogen (secondary N) is 2. The Morgan fingerprint density at radius 1 is 1.37 bits per heavy atom. The Kier molecular flexibility index (Phi) is 11.8. The number of unbranched alkanes of at least 4 members (excludes halogenated alkanes) is 1. The van der Waals surface area contributed by atoms with Crippen LogP contribution in [0, 0.1) is 0 Å². The molecule has 0 aliphatic carbocycles. The van der Waals surface area contributed by atoms with Crippen molar-refractivity contribution in [2.45, 2.75) is 26.3 Å². The summed E-state index contributed by atoms with van der Waals surface area (Å²) in [6.45, 7) is 5.06. The number of hydrogen-bond donors (Lipinski definition) is 2. The smallest absolute Gasteiger partial charge is 0.191 e. The zero-order valence-corrected chi connectivity index (χ0v) is 14.0. The molecule has 1 aromatic heterocycles. The standard InChI is InChI=1S/C13H23N3O2.HI/c1-3-4-8-17-10-7-15-13(14-2)16-11-12-6-5-9-18-12;/h5-6,9H,3-4,7-8,10-11H2,1-2H3,(H2,14,15,16);1H. The molecule has 0 aliphatic heterocycles. The summed E-state index contributed by atoms with van der Waals surface area (Å²) in [5.41, 5.74) is 0. The number of aliphatic imine (C=N–C) groups is 1. The van der Waals surface area contributed by atoms with Crippen LogP contribution in [0.1, 0.15) is 25.5 Å². The Bertz CT molecular complexity index is 329. The summed E-state index contributed by atoms with van der Waals surface area (Å²) in [4.78, 5) is 4.12. The van der Waals surface area contributed by atoms with Crippen molar-refractivity contribution in [3.8, 4) is 0 Å². The monoisotopic (exact) mass is 381 g/mol. The van der Waals surface area contributed by atoms with Crippen molar-refractivity contribution < 1.29 is 9.15 Å². The van der Waals surface area contributed by atoms with Crippen molar-refractivity contribution in [3.05, 3.63) is 24.2 Å². The summed E-state index contributed by atoms with van der Waals surface area (Å²) in [6, 6.07) is 3.79. The molecule has 0 unspecified atom stereocenters. The molecule has 2 N–H and O–H groups in total. The zero-order chi connectivity index (χ0) is 13.1. The van der Waals surface area contributed by atoms with Gasteiger partial charge in [-0.15, -0.1) is 24.0 Å². The molecule has 110 valence electrons. The highest BCUT2D eigenvalue weighted by Crippen LogP contribution is 1.97. The van der Waals surface area contributed by atoms with Crippen molar-refractivity contribution in [2.24, 2.45) is 4.99 Å². The maximum absolute atomic E-state index is 5.46. The van der Waals surface area contributed by atoms with Crippen molar-refractivity contribution >= 4 is 29.9 Å². The van der Waals surface area contributed by atoms with E-state index < -0.39 is 0 Å². The minimum atomic E-state index is 0. The maximum Gasteiger partial charge on any atom is 0.191 e. The molecule has 0 bridgehead atoms. The highest BCUT2D eigenvalue weighted by atomic mass is 127. The van der Waals surface area contributed by atoms with E-state index in [1.54, 1.807) is 13.3 Å². The Morgan fingerprint density at radius 2 is 2.21 bits per heavy atom. The summed E-state index contributed by atoms with van der Waals surface area (Å²) in [6.07, 6.45) is 3.94. The lowest BCUT2D eigenvalue weighted by Crippen LogP contribution is -2.38. The number of hydrogen-bond acceptors (Lipinski definition) is 3. The summed E-state index contributed by atoms with van der Waals surface area (Å²) < 4.78 is 10.7. The second-order valence-electron chi connectivity index (χ2n) is 3.90. The average Bonchev–Trinajstić information content (AvgIpc) is 2.90. The number of rotatable bonds is 8. The molecule has 0 amide bonds. The number of furan rings is 1. The van der Waals surface area contributed by atoms with Crippen molar-refractivity contribution in [1.82, 2.24) is 10.6 Å². The number of nitrogens with zero attached hydrogens (tertiary/aromatic N) is 1. The third-order valence-corrected chi connectivity index (χ3v) is 2.41. The van der Waals surface area contributed by atoms with E-state index >= 15 is 0 Å². The molecule has 0 saturated carbocycles. The van der Waals surface area contributed by atoms with Gasteiger partial charge in [0, 0.05) is 20.2 Å². The second kappa shape index (κ2) is 12.3. The van der Waals surface area contributed by atoms with E-state index in [0.717, 1.165) is 31.3 Å². The summed E-state index contributed by atoms with van der Waals surface area (Å²) in [7, 11) is 1.75. The predicted molar refractivity (Wildman–Crippen MR) is 88.1 cm³/mol. The first kappa shape index (κ1) is 18.2. The van der Waals surface area contributed by atoms with Gasteiger partial charge < -0.3 is 19.8 Å². The SMILES string of the molecule is CCCCOCCNC(=NC)NCc1ccco1.I. The highest BCUT2D eigenvalue weighted by molar-refractivity contribution is 14.0. The Balaban J connectivity index is 0.00000324. The molecule has 0 spiro atoms. The van der Waals surface area contributed by atoms with E-state index in [-0.39, 0.29) is 24.0 Å². The number of ether oxygens (including phenoxy) is 1. The molecule has 0 aromatic carbocycles. The minimum absolute atomic E-state index is 0. The quantitative estimate of drug-likeness (QED) is 0.314. The third-order valence-electron chi connectivity index (χ3n) is 2.41. The van der Waals surface area contributed by atoms with Crippen LogP contribution in [-0.2, 0) is 11.3 Å². The highest BCUT2D eigenvalue weighted by Gasteiger charge is 1.99. The lowest BCUT2D eigenvalue weighted by Gasteiger charge is -2.11. The number of halogens is 1. The van der Waals surface area contributed by atoms with Crippen LogP contribution in [0.15, 0.2) is 27.8 Å². The lowest BCUT2D eigenvalue weighted by atomic mass is 10.4. The van der Waals surface area contributed by atoms with E-state index in [1.165, 1.54) is 6.42 Å². The van der Waals surface area contributed by atoms with Crippen LogP contribution in [0.25, 0.3) is 0 Å². The lowest BCUT2D eigenvalue weighted by molar-refractivity contribution is 0.136. The first-order valence-corrected chi connectivity index (χ1v) is 6.41. The molecule has 19 heavy (non-hydrogen) atoms. The van der Waals surface area contributed by atoms with Gasteiger partial charge in [0.2, 0.25) is 0 Å². The van der Waals surface area contributed by atoms with Gasteiger partial charge in [-0.1, -0.05) is 13.3 Å².